The molecular formula is C28H37N7O2. The van der Waals surface area contributed by atoms with Crippen LogP contribution in [-0.4, -0.2) is 116 Å². The first kappa shape index (κ1) is 24.1. The molecule has 196 valence electrons. The minimum absolute atomic E-state index is 0.133. The summed E-state index contributed by atoms with van der Waals surface area (Å²) in [6.45, 7) is 12.3. The zero-order valence-electron chi connectivity index (χ0n) is 21.9. The first-order valence-electron chi connectivity index (χ1n) is 13.5. The quantitative estimate of drug-likeness (QED) is 0.534. The van der Waals surface area contributed by atoms with Crippen LogP contribution in [-0.2, 0) is 4.74 Å². The number of hydrogen-bond acceptors (Lipinski definition) is 6. The maximum absolute atomic E-state index is 12.8. The van der Waals surface area contributed by atoms with Gasteiger partial charge >= 0.3 is 6.03 Å². The molecule has 2 aromatic heterocycles. The highest BCUT2D eigenvalue weighted by molar-refractivity contribution is 5.81. The molecule has 5 heterocycles. The summed E-state index contributed by atoms with van der Waals surface area (Å²) < 4.78 is 7.29. The largest absolute Gasteiger partial charge is 0.378 e. The summed E-state index contributed by atoms with van der Waals surface area (Å²) in [6, 6.07) is 13.4. The summed E-state index contributed by atoms with van der Waals surface area (Å²) in [5.41, 5.74) is 5.93. The fraction of sp³-hybridized carbons (Fsp3) is 0.500. The van der Waals surface area contributed by atoms with E-state index in [1.54, 1.807) is 7.11 Å². The average molecular weight is 504 g/mol. The standard InChI is InChI=1S/C28H37N7O2/c1-3-30-10-12-31(13-11-30)24-6-4-22(5-7-24)23-18-27-26(8-9-29-35(27)19-23)32-14-16-33(17-15-32)28(36)34-20-25(21-34)37-2/h4-9,18-19,25H,3,10-17,20-21H2,1-2H3. The first-order valence-corrected chi connectivity index (χ1v) is 13.5. The maximum atomic E-state index is 12.8. The smallest absolute Gasteiger partial charge is 0.320 e. The molecule has 3 aliphatic heterocycles. The lowest BCUT2D eigenvalue weighted by Gasteiger charge is -2.43. The number of amides is 2. The number of methoxy groups -OCH3 is 1. The van der Waals surface area contributed by atoms with Gasteiger partial charge in [-0.2, -0.15) is 5.10 Å². The molecular weight excluding hydrogens is 466 g/mol. The molecule has 9 heteroatoms. The SMILES string of the molecule is CCN1CCN(c2ccc(-c3cc4c(N5CCN(C(=O)N6CC(OC)C6)CC5)ccnn4c3)cc2)CC1. The van der Waals surface area contributed by atoms with Gasteiger partial charge in [0.25, 0.3) is 0 Å². The Morgan fingerprint density at radius 3 is 2.27 bits per heavy atom. The Morgan fingerprint density at radius 2 is 1.59 bits per heavy atom. The number of benzene rings is 1. The maximum Gasteiger partial charge on any atom is 0.320 e. The van der Waals surface area contributed by atoms with E-state index in [9.17, 15) is 4.79 Å². The Labute approximate surface area is 218 Å². The van der Waals surface area contributed by atoms with E-state index < -0.39 is 0 Å². The highest BCUT2D eigenvalue weighted by Gasteiger charge is 2.34. The lowest BCUT2D eigenvalue weighted by atomic mass is 10.1. The van der Waals surface area contributed by atoms with Crippen LogP contribution in [0.15, 0.2) is 48.8 Å². The van der Waals surface area contributed by atoms with Crippen molar-refractivity contribution in [2.24, 2.45) is 0 Å². The number of urea groups is 1. The Bertz CT molecular complexity index is 1220. The number of fused-ring (bicyclic) bond motifs is 1. The van der Waals surface area contributed by atoms with Gasteiger partial charge in [0.2, 0.25) is 0 Å². The average Bonchev–Trinajstić information content (AvgIpc) is 3.37. The van der Waals surface area contributed by atoms with Crippen LogP contribution >= 0.6 is 0 Å². The van der Waals surface area contributed by atoms with E-state index in [1.165, 1.54) is 22.5 Å². The number of aromatic nitrogens is 2. The lowest BCUT2D eigenvalue weighted by Crippen LogP contribution is -2.61. The molecule has 3 saturated heterocycles. The molecule has 0 atom stereocenters. The summed E-state index contributed by atoms with van der Waals surface area (Å²) in [4.78, 5) is 24.0. The first-order chi connectivity index (χ1) is 18.1. The predicted octanol–water partition coefficient (Wildman–Crippen LogP) is 2.72. The van der Waals surface area contributed by atoms with Crippen molar-refractivity contribution < 1.29 is 9.53 Å². The summed E-state index contributed by atoms with van der Waals surface area (Å²) in [6.07, 6.45) is 4.17. The molecule has 3 fully saturated rings. The van der Waals surface area contributed by atoms with E-state index in [2.05, 4.69) is 69.3 Å². The molecule has 37 heavy (non-hydrogen) atoms. The molecule has 0 spiro atoms. The number of likely N-dealkylation sites (tertiary alicyclic amines) is 1. The van der Waals surface area contributed by atoms with Crippen LogP contribution in [0.3, 0.4) is 0 Å². The Kier molecular flexibility index (Phi) is 6.65. The monoisotopic (exact) mass is 503 g/mol. The van der Waals surface area contributed by atoms with Gasteiger partial charge in [-0.1, -0.05) is 19.1 Å². The van der Waals surface area contributed by atoms with Gasteiger partial charge in [0.1, 0.15) is 0 Å². The number of nitrogens with zero attached hydrogens (tertiary/aromatic N) is 7. The van der Waals surface area contributed by atoms with Crippen LogP contribution in [0.5, 0.6) is 0 Å². The molecule has 3 aromatic rings. The molecule has 0 radical (unpaired) electrons. The van der Waals surface area contributed by atoms with E-state index >= 15 is 0 Å². The van der Waals surface area contributed by atoms with Crippen LogP contribution in [0.4, 0.5) is 16.2 Å². The number of ether oxygens (including phenoxy) is 1. The van der Waals surface area contributed by atoms with Crippen LogP contribution < -0.4 is 9.80 Å². The second-order valence-corrected chi connectivity index (χ2v) is 10.3. The highest BCUT2D eigenvalue weighted by atomic mass is 16.5. The van der Waals surface area contributed by atoms with Gasteiger partial charge in [0.15, 0.2) is 0 Å². The third kappa shape index (κ3) is 4.73. The van der Waals surface area contributed by atoms with Crippen molar-refractivity contribution in [3.05, 3.63) is 48.8 Å². The molecule has 0 aliphatic carbocycles. The van der Waals surface area contributed by atoms with Crippen molar-refractivity contribution in [1.29, 1.82) is 0 Å². The van der Waals surface area contributed by atoms with Gasteiger partial charge in [-0.3, -0.25) is 0 Å². The van der Waals surface area contributed by atoms with Gasteiger partial charge in [0.05, 0.1) is 30.4 Å². The van der Waals surface area contributed by atoms with Crippen molar-refractivity contribution in [2.75, 3.05) is 88.9 Å². The van der Waals surface area contributed by atoms with E-state index in [0.717, 1.165) is 64.4 Å². The second kappa shape index (κ2) is 10.2. The number of piperazine rings is 2. The lowest BCUT2D eigenvalue weighted by molar-refractivity contribution is -0.0158. The Hall–Kier alpha value is -3.30. The zero-order valence-corrected chi connectivity index (χ0v) is 21.9. The van der Waals surface area contributed by atoms with Crippen molar-refractivity contribution in [1.82, 2.24) is 24.3 Å². The van der Waals surface area contributed by atoms with Crippen molar-refractivity contribution >= 4 is 22.9 Å². The van der Waals surface area contributed by atoms with E-state index in [1.807, 2.05) is 20.5 Å². The topological polar surface area (TPSA) is 59.8 Å². The fourth-order valence-electron chi connectivity index (χ4n) is 5.69. The molecule has 0 unspecified atom stereocenters. The minimum Gasteiger partial charge on any atom is -0.378 e. The van der Waals surface area contributed by atoms with Gasteiger partial charge in [-0.05, 0) is 36.4 Å². The number of rotatable bonds is 5. The second-order valence-electron chi connectivity index (χ2n) is 10.3. The van der Waals surface area contributed by atoms with E-state index in [4.69, 9.17) is 4.74 Å². The zero-order chi connectivity index (χ0) is 25.4. The summed E-state index contributed by atoms with van der Waals surface area (Å²) in [5, 5.41) is 4.58. The molecule has 0 bridgehead atoms. The van der Waals surface area contributed by atoms with Crippen LogP contribution in [0.2, 0.25) is 0 Å². The van der Waals surface area contributed by atoms with Gasteiger partial charge in [-0.25, -0.2) is 9.31 Å². The number of likely N-dealkylation sites (N-methyl/N-ethyl adjacent to an activating group) is 1. The predicted molar refractivity (Wildman–Crippen MR) is 147 cm³/mol. The van der Waals surface area contributed by atoms with Crippen molar-refractivity contribution in [3.63, 3.8) is 0 Å². The third-order valence-electron chi connectivity index (χ3n) is 8.21. The van der Waals surface area contributed by atoms with Crippen LogP contribution in [0, 0.1) is 0 Å². The number of hydrogen-bond donors (Lipinski definition) is 0. The molecule has 9 nitrogen and oxygen atoms in total. The summed E-state index contributed by atoms with van der Waals surface area (Å²) >= 11 is 0. The fourth-order valence-corrected chi connectivity index (χ4v) is 5.69. The van der Waals surface area contributed by atoms with E-state index in [0.29, 0.717) is 13.1 Å². The van der Waals surface area contributed by atoms with Gasteiger partial charge < -0.3 is 29.2 Å². The summed E-state index contributed by atoms with van der Waals surface area (Å²) in [7, 11) is 1.71. The van der Waals surface area contributed by atoms with Gasteiger partial charge in [-0.15, -0.1) is 0 Å². The molecule has 1 aromatic carbocycles. The van der Waals surface area contributed by atoms with Crippen LogP contribution in [0.1, 0.15) is 6.92 Å². The van der Waals surface area contributed by atoms with E-state index in [-0.39, 0.29) is 12.1 Å². The Balaban J connectivity index is 1.13. The molecule has 0 saturated carbocycles. The molecule has 2 amide bonds. The molecule has 6 rings (SSSR count). The molecule has 0 N–H and O–H groups in total. The highest BCUT2D eigenvalue weighted by Crippen LogP contribution is 2.30. The van der Waals surface area contributed by atoms with Gasteiger partial charge in [0, 0.05) is 83.1 Å². The van der Waals surface area contributed by atoms with Crippen LogP contribution in [0.25, 0.3) is 16.6 Å². The van der Waals surface area contributed by atoms with Crippen molar-refractivity contribution in [3.8, 4) is 11.1 Å². The third-order valence-corrected chi connectivity index (χ3v) is 8.21. The minimum atomic E-state index is 0.133. The molecule has 3 aliphatic rings. The van der Waals surface area contributed by atoms with Crippen molar-refractivity contribution in [2.45, 2.75) is 13.0 Å². The number of carbonyl (C=O) groups is 1. The Morgan fingerprint density at radius 1 is 0.892 bits per heavy atom. The normalized spacial score (nSPS) is 19.5. The number of anilines is 2. The summed E-state index contributed by atoms with van der Waals surface area (Å²) in [5.74, 6) is 0. The number of carbonyl (C=O) groups excluding carboxylic acids is 1.